The third-order valence-corrected chi connectivity index (χ3v) is 2.05. The average Bonchev–Trinajstić information content (AvgIpc) is 2.15. The van der Waals surface area contributed by atoms with Crippen LogP contribution in [0.4, 0.5) is 0 Å². The van der Waals surface area contributed by atoms with Crippen LogP contribution in [0.5, 0.6) is 0 Å². The van der Waals surface area contributed by atoms with E-state index in [2.05, 4.69) is 41.4 Å². The van der Waals surface area contributed by atoms with Crippen molar-refractivity contribution in [2.75, 3.05) is 20.6 Å². The van der Waals surface area contributed by atoms with E-state index in [4.69, 9.17) is 0 Å². The van der Waals surface area contributed by atoms with Gasteiger partial charge in [-0.15, -0.1) is 0 Å². The molecule has 72 valence electrons. The standard InChI is InChI=1S/C10H17N3/c1-4-11-12-9-5-7-10(8-6-9)13(2)3/h5-7,10H,4,8H2,1-3H3. The molecule has 3 heteroatoms. The van der Waals surface area contributed by atoms with E-state index in [0.717, 1.165) is 18.7 Å². The zero-order valence-electron chi connectivity index (χ0n) is 8.57. The van der Waals surface area contributed by atoms with Crippen LogP contribution in [0, 0.1) is 0 Å². The minimum Gasteiger partial charge on any atom is -0.303 e. The first-order valence-electron chi connectivity index (χ1n) is 4.66. The fraction of sp³-hybridized carbons (Fsp3) is 0.600. The molecule has 1 unspecified atom stereocenters. The molecular formula is C10H17N3. The topological polar surface area (TPSA) is 28.0 Å². The van der Waals surface area contributed by atoms with Crippen LogP contribution in [0.2, 0.25) is 0 Å². The largest absolute Gasteiger partial charge is 0.303 e. The Morgan fingerprint density at radius 1 is 1.54 bits per heavy atom. The predicted molar refractivity (Wildman–Crippen MR) is 54.7 cm³/mol. The molecule has 0 aromatic carbocycles. The smallest absolute Gasteiger partial charge is 0.0810 e. The van der Waals surface area contributed by atoms with Crippen LogP contribution in [-0.4, -0.2) is 31.6 Å². The number of likely N-dealkylation sites (N-methyl/N-ethyl adjacent to an activating group) is 1. The SMILES string of the molecule is CCN=NC1=CCC(N(C)C)C=C1. The Kier molecular flexibility index (Phi) is 3.83. The van der Waals surface area contributed by atoms with Crippen LogP contribution in [0.15, 0.2) is 34.2 Å². The van der Waals surface area contributed by atoms with E-state index in [9.17, 15) is 0 Å². The third kappa shape index (κ3) is 3.11. The number of nitrogens with zero attached hydrogens (tertiary/aromatic N) is 3. The molecule has 0 aliphatic heterocycles. The number of hydrogen-bond acceptors (Lipinski definition) is 3. The van der Waals surface area contributed by atoms with Gasteiger partial charge in [0.05, 0.1) is 12.2 Å². The van der Waals surface area contributed by atoms with Crippen molar-refractivity contribution in [1.82, 2.24) is 4.90 Å². The summed E-state index contributed by atoms with van der Waals surface area (Å²) >= 11 is 0. The van der Waals surface area contributed by atoms with E-state index in [-0.39, 0.29) is 0 Å². The maximum Gasteiger partial charge on any atom is 0.0810 e. The Bertz CT molecular complexity index is 239. The van der Waals surface area contributed by atoms with Gasteiger partial charge in [0.2, 0.25) is 0 Å². The van der Waals surface area contributed by atoms with E-state index in [0.29, 0.717) is 6.04 Å². The van der Waals surface area contributed by atoms with Gasteiger partial charge in [-0.3, -0.25) is 0 Å². The number of azo groups is 1. The highest BCUT2D eigenvalue weighted by Crippen LogP contribution is 2.14. The highest BCUT2D eigenvalue weighted by molar-refractivity contribution is 5.23. The van der Waals surface area contributed by atoms with Gasteiger partial charge < -0.3 is 4.90 Å². The van der Waals surface area contributed by atoms with Crippen molar-refractivity contribution in [3.05, 3.63) is 23.9 Å². The normalized spacial score (nSPS) is 22.8. The van der Waals surface area contributed by atoms with Crippen molar-refractivity contribution >= 4 is 0 Å². The molecule has 0 fully saturated rings. The molecule has 1 rings (SSSR count). The van der Waals surface area contributed by atoms with Crippen LogP contribution in [0.3, 0.4) is 0 Å². The minimum atomic E-state index is 0.514. The monoisotopic (exact) mass is 179 g/mol. The maximum atomic E-state index is 4.08. The predicted octanol–water partition coefficient (Wildman–Crippen LogP) is 2.23. The summed E-state index contributed by atoms with van der Waals surface area (Å²) < 4.78 is 0. The zero-order valence-corrected chi connectivity index (χ0v) is 8.57. The Morgan fingerprint density at radius 2 is 2.31 bits per heavy atom. The van der Waals surface area contributed by atoms with Gasteiger partial charge in [-0.2, -0.15) is 10.2 Å². The van der Waals surface area contributed by atoms with Crippen molar-refractivity contribution in [2.24, 2.45) is 10.2 Å². The Balaban J connectivity index is 2.50. The molecular weight excluding hydrogens is 162 g/mol. The van der Waals surface area contributed by atoms with Crippen molar-refractivity contribution in [3.8, 4) is 0 Å². The van der Waals surface area contributed by atoms with Crippen LogP contribution < -0.4 is 0 Å². The molecule has 0 radical (unpaired) electrons. The van der Waals surface area contributed by atoms with Crippen LogP contribution in [-0.2, 0) is 0 Å². The lowest BCUT2D eigenvalue weighted by Gasteiger charge is -2.21. The van der Waals surface area contributed by atoms with Gasteiger partial charge in [0.25, 0.3) is 0 Å². The first-order valence-corrected chi connectivity index (χ1v) is 4.66. The van der Waals surface area contributed by atoms with Crippen molar-refractivity contribution in [1.29, 1.82) is 0 Å². The summed E-state index contributed by atoms with van der Waals surface area (Å²) in [5.41, 5.74) is 0.986. The van der Waals surface area contributed by atoms with Crippen molar-refractivity contribution < 1.29 is 0 Å². The number of allylic oxidation sites excluding steroid dienone is 1. The lowest BCUT2D eigenvalue weighted by Crippen LogP contribution is -2.26. The van der Waals surface area contributed by atoms with Crippen molar-refractivity contribution in [3.63, 3.8) is 0 Å². The molecule has 0 N–H and O–H groups in total. The summed E-state index contributed by atoms with van der Waals surface area (Å²) in [7, 11) is 4.17. The highest BCUT2D eigenvalue weighted by Gasteiger charge is 2.09. The molecule has 0 aromatic rings. The maximum absolute atomic E-state index is 4.08. The molecule has 0 saturated carbocycles. The van der Waals surface area contributed by atoms with Crippen LogP contribution in [0.1, 0.15) is 13.3 Å². The fourth-order valence-corrected chi connectivity index (χ4v) is 1.21. The second-order valence-corrected chi connectivity index (χ2v) is 3.31. The number of hydrogen-bond donors (Lipinski definition) is 0. The van der Waals surface area contributed by atoms with Gasteiger partial charge in [0.1, 0.15) is 0 Å². The van der Waals surface area contributed by atoms with Gasteiger partial charge in [0, 0.05) is 6.04 Å². The second-order valence-electron chi connectivity index (χ2n) is 3.31. The quantitative estimate of drug-likeness (QED) is 0.610. The van der Waals surface area contributed by atoms with Gasteiger partial charge >= 0.3 is 0 Å². The Labute approximate surface area is 79.8 Å². The molecule has 1 aliphatic carbocycles. The first kappa shape index (κ1) is 10.1. The van der Waals surface area contributed by atoms with E-state index in [1.807, 2.05) is 13.0 Å². The second kappa shape index (κ2) is 4.92. The van der Waals surface area contributed by atoms with E-state index in [1.165, 1.54) is 0 Å². The van der Waals surface area contributed by atoms with Gasteiger partial charge in [-0.05, 0) is 33.5 Å². The molecule has 3 nitrogen and oxygen atoms in total. The summed E-state index contributed by atoms with van der Waals surface area (Å²) in [6.07, 6.45) is 7.36. The molecule has 0 saturated heterocycles. The summed E-state index contributed by atoms with van der Waals surface area (Å²) in [6, 6.07) is 0.514. The van der Waals surface area contributed by atoms with Gasteiger partial charge in [-0.1, -0.05) is 12.2 Å². The van der Waals surface area contributed by atoms with E-state index >= 15 is 0 Å². The zero-order chi connectivity index (χ0) is 9.68. The first-order chi connectivity index (χ1) is 6.24. The number of rotatable bonds is 3. The summed E-state index contributed by atoms with van der Waals surface area (Å²) in [6.45, 7) is 2.74. The van der Waals surface area contributed by atoms with Gasteiger partial charge in [0.15, 0.2) is 0 Å². The van der Waals surface area contributed by atoms with Crippen LogP contribution in [0.25, 0.3) is 0 Å². The Morgan fingerprint density at radius 3 is 2.77 bits per heavy atom. The third-order valence-electron chi connectivity index (χ3n) is 2.05. The van der Waals surface area contributed by atoms with E-state index in [1.54, 1.807) is 0 Å². The Hall–Kier alpha value is -0.960. The van der Waals surface area contributed by atoms with E-state index < -0.39 is 0 Å². The average molecular weight is 179 g/mol. The van der Waals surface area contributed by atoms with Gasteiger partial charge in [-0.25, -0.2) is 0 Å². The molecule has 13 heavy (non-hydrogen) atoms. The molecule has 0 bridgehead atoms. The molecule has 0 amide bonds. The molecule has 0 aromatic heterocycles. The lowest BCUT2D eigenvalue weighted by atomic mass is 10.1. The highest BCUT2D eigenvalue weighted by atomic mass is 15.1. The summed E-state index contributed by atoms with van der Waals surface area (Å²) in [4.78, 5) is 2.20. The molecule has 1 atom stereocenters. The minimum absolute atomic E-state index is 0.514. The van der Waals surface area contributed by atoms with Crippen molar-refractivity contribution in [2.45, 2.75) is 19.4 Å². The fourth-order valence-electron chi connectivity index (χ4n) is 1.21. The molecule has 1 aliphatic rings. The molecule has 0 heterocycles. The molecule has 0 spiro atoms. The summed E-state index contributed by atoms with van der Waals surface area (Å²) in [5, 5.41) is 8.03. The summed E-state index contributed by atoms with van der Waals surface area (Å²) in [5.74, 6) is 0. The lowest BCUT2D eigenvalue weighted by molar-refractivity contribution is 0.343. The van der Waals surface area contributed by atoms with Crippen LogP contribution >= 0.6 is 0 Å².